The number of nitrogens with two attached hydrogens (primary N) is 1. The van der Waals surface area contributed by atoms with Crippen LogP contribution in [0, 0.1) is 0 Å². The van der Waals surface area contributed by atoms with Gasteiger partial charge in [0.1, 0.15) is 0 Å². The highest BCUT2D eigenvalue weighted by Crippen LogP contribution is 2.29. The molecule has 5 aliphatic heterocycles. The highest BCUT2D eigenvalue weighted by Gasteiger charge is 2.36. The van der Waals surface area contributed by atoms with Crippen molar-refractivity contribution in [2.45, 2.75) is 133 Å². The van der Waals surface area contributed by atoms with Gasteiger partial charge in [-0.15, -0.1) is 0 Å². The van der Waals surface area contributed by atoms with E-state index in [0.717, 1.165) is 87.8 Å². The summed E-state index contributed by atoms with van der Waals surface area (Å²) in [4.78, 5) is 88.7. The number of rotatable bonds is 24. The van der Waals surface area contributed by atoms with Gasteiger partial charge in [0.2, 0.25) is 23.6 Å². The summed E-state index contributed by atoms with van der Waals surface area (Å²) < 4.78 is 0. The quantitative estimate of drug-likeness (QED) is 0.0282. The van der Waals surface area contributed by atoms with E-state index >= 15 is 0 Å². The summed E-state index contributed by atoms with van der Waals surface area (Å²) in [5.74, 6) is -0.164. The van der Waals surface area contributed by atoms with E-state index in [-0.39, 0.29) is 77.6 Å². The molecule has 5 aliphatic rings. The number of carbonyl (C=O) groups is 6. The van der Waals surface area contributed by atoms with Gasteiger partial charge >= 0.3 is 0 Å². The first-order chi connectivity index (χ1) is 51.1. The summed E-state index contributed by atoms with van der Waals surface area (Å²) in [6, 6.07) is 36.8. The summed E-state index contributed by atoms with van der Waals surface area (Å²) in [6.07, 6.45) is 14.0. The van der Waals surface area contributed by atoms with Crippen molar-refractivity contribution in [3.8, 4) is 0 Å². The summed E-state index contributed by atoms with van der Waals surface area (Å²) in [7, 11) is 0. The van der Waals surface area contributed by atoms with Crippen LogP contribution >= 0.6 is 104 Å². The lowest BCUT2D eigenvalue weighted by Crippen LogP contribution is -2.54. The second-order valence-electron chi connectivity index (χ2n) is 27.6. The summed E-state index contributed by atoms with van der Waals surface area (Å²) in [5, 5.41) is 23.8. The average Bonchev–Trinajstić information content (AvgIpc) is 1.63. The van der Waals surface area contributed by atoms with Crippen LogP contribution in [0.25, 0.3) is 6.08 Å². The van der Waals surface area contributed by atoms with Gasteiger partial charge < -0.3 is 62.1 Å². The molecular weight excluding hydrogens is 1530 g/mol. The molecule has 8 N–H and O–H groups in total. The van der Waals surface area contributed by atoms with Gasteiger partial charge in [0.05, 0.1) is 38.2 Å². The molecule has 6 aromatic rings. The van der Waals surface area contributed by atoms with Crippen LogP contribution in [-0.4, -0.2) is 188 Å². The minimum atomic E-state index is -0.368. The molecule has 11 rings (SSSR count). The Balaban J connectivity index is 0.000000184. The SMILES string of the molecule is CCC(CN1CC[C@@H](CNC(=O)c2ccc(Cl)c(Cl)c2)N[C@@H](CCN)C1=O)c1ccccc1.O=C(/C=C/c1ccc(Cl)cc1)NC[C@@H]1CCN(Cc2cc(Cl)cc(Cl)c2)C(=O)[C@H](CN2CCCCC2)N1.O=C(NC[C@@H]1CCN(Cc2cc(Cl)cc(Cl)c2)C(=O)[C@H](CN2CCCCC2)N1)c1ccc(Cl)c(Cl)c1. The number of nitrogens with one attached hydrogen (secondary N) is 6. The molecule has 6 aromatic carbocycles. The number of piperidine rings is 2. The Kier molecular flexibility index (Phi) is 34.2. The molecule has 27 heteroatoms. The van der Waals surface area contributed by atoms with Crippen LogP contribution in [0.5, 0.6) is 0 Å². The van der Waals surface area contributed by atoms with E-state index in [9.17, 15) is 28.8 Å². The third-order valence-electron chi connectivity index (χ3n) is 19.6. The van der Waals surface area contributed by atoms with Gasteiger partial charge in [-0.25, -0.2) is 0 Å². The van der Waals surface area contributed by atoms with Crippen LogP contribution in [0.3, 0.4) is 0 Å². The molecule has 7 atom stereocenters. The van der Waals surface area contributed by atoms with E-state index < -0.39 is 0 Å². The highest BCUT2D eigenvalue weighted by atomic mass is 35.5. The molecule has 6 amide bonds. The third-order valence-corrected chi connectivity index (χ3v) is 22.2. The van der Waals surface area contributed by atoms with Crippen molar-refractivity contribution < 1.29 is 28.8 Å². The first-order valence-electron chi connectivity index (χ1n) is 36.5. The number of benzene rings is 6. The van der Waals surface area contributed by atoms with Crippen LogP contribution in [-0.2, 0) is 32.3 Å². The molecule has 0 aromatic heterocycles. The van der Waals surface area contributed by atoms with Gasteiger partial charge in [-0.2, -0.15) is 0 Å². The zero-order valence-corrected chi connectivity index (χ0v) is 66.4. The average molecular weight is 1630 g/mol. The van der Waals surface area contributed by atoms with Gasteiger partial charge in [-0.05, 0) is 204 Å². The van der Waals surface area contributed by atoms with Crippen molar-refractivity contribution in [1.82, 2.24) is 56.4 Å². The lowest BCUT2D eigenvalue weighted by molar-refractivity contribution is -0.134. The second-order valence-corrected chi connectivity index (χ2v) is 31.4. The molecule has 0 spiro atoms. The fraction of sp³-hybridized carbons (Fsp3) is 0.443. The number of likely N-dealkylation sites (tertiary alicyclic amines) is 2. The number of hydrogen-bond acceptors (Lipinski definition) is 12. The molecule has 5 saturated heterocycles. The van der Waals surface area contributed by atoms with Crippen molar-refractivity contribution in [1.29, 1.82) is 0 Å². The first kappa shape index (κ1) is 84.3. The number of nitrogens with zero attached hydrogens (tertiary/aromatic N) is 5. The number of halogens is 9. The number of amides is 6. The van der Waals surface area contributed by atoms with Crippen LogP contribution in [0.15, 0.2) is 133 Å². The molecular formula is C79H95Cl9N12O6. The molecule has 5 heterocycles. The van der Waals surface area contributed by atoms with Crippen molar-refractivity contribution in [2.75, 3.05) is 91.6 Å². The van der Waals surface area contributed by atoms with Crippen LogP contribution in [0.2, 0.25) is 45.2 Å². The largest absolute Gasteiger partial charge is 0.351 e. The van der Waals surface area contributed by atoms with Crippen molar-refractivity contribution in [3.05, 3.63) is 212 Å². The molecule has 5 fully saturated rings. The van der Waals surface area contributed by atoms with E-state index in [1.54, 1.807) is 66.7 Å². The molecule has 0 aliphatic carbocycles. The predicted octanol–water partition coefficient (Wildman–Crippen LogP) is 14.1. The maximum atomic E-state index is 13.6. The molecule has 0 bridgehead atoms. The monoisotopic (exact) mass is 1620 g/mol. The van der Waals surface area contributed by atoms with Gasteiger partial charge in [0.25, 0.3) is 11.8 Å². The Hall–Kier alpha value is -5.75. The van der Waals surface area contributed by atoms with E-state index in [4.69, 9.17) is 110 Å². The fourth-order valence-corrected chi connectivity index (χ4v) is 15.8. The van der Waals surface area contributed by atoms with E-state index in [1.807, 2.05) is 69.3 Å². The van der Waals surface area contributed by atoms with E-state index in [0.29, 0.717) is 148 Å². The molecule has 0 saturated carbocycles. The second kappa shape index (κ2) is 43.0. The summed E-state index contributed by atoms with van der Waals surface area (Å²) in [5.41, 5.74) is 10.6. The zero-order chi connectivity index (χ0) is 75.7. The van der Waals surface area contributed by atoms with Gasteiger partial charge in [-0.3, -0.25) is 28.8 Å². The van der Waals surface area contributed by atoms with Crippen LogP contribution < -0.4 is 37.6 Å². The highest BCUT2D eigenvalue weighted by molar-refractivity contribution is 6.43. The lowest BCUT2D eigenvalue weighted by Gasteiger charge is -2.32. The molecule has 18 nitrogen and oxygen atoms in total. The molecule has 570 valence electrons. The Bertz CT molecular complexity index is 3890. The molecule has 0 radical (unpaired) electrons. The fourth-order valence-electron chi connectivity index (χ4n) is 13.9. The third kappa shape index (κ3) is 26.8. The summed E-state index contributed by atoms with van der Waals surface area (Å²) in [6.45, 7) is 12.4. The first-order valence-corrected chi connectivity index (χ1v) is 39.9. The summed E-state index contributed by atoms with van der Waals surface area (Å²) >= 11 is 54.7. The molecule has 1 unspecified atom stereocenters. The minimum absolute atomic E-state index is 0.0282. The minimum Gasteiger partial charge on any atom is -0.351 e. The topological polar surface area (TPSA) is 217 Å². The standard InChI is InChI=1S/C28H33Cl3N4O2.C26H30Cl4N4O2.C25H32Cl2N4O2/c29-22-7-4-20(5-8-22)6-9-27(36)32-17-25-10-13-35(18-21-14-23(30)16-24(31)15-21)28(37)26(33-25)19-34-11-2-1-3-12-34;27-19-10-17(11-20(28)13-19)15-34-9-6-21(14-31-25(35)18-4-5-22(29)23(30)12-18)32-24(26(34)36)16-33-7-2-1-3-8-33;1-2-17(18-6-4-3-5-7-18)16-31-13-11-20(30-23(10-12-28)25(31)33)15-29-24(32)19-8-9-21(26)22(27)14-19/h4-9,14-16,25-26,33H,1-3,10-13,17-19H2,(H,32,36);4-5,10-13,21,24,32H,1-3,6-9,14-16H2,(H,31,35);3-9,14,17,20,23,30H,2,10-13,15-16,28H2,1H3,(H,29,32)/b9-6+;;/t25-,26-;21-,24-;17?,20-,23-/m000/s1. The van der Waals surface area contributed by atoms with Gasteiger partial charge in [-0.1, -0.05) is 167 Å². The van der Waals surface area contributed by atoms with Crippen LogP contribution in [0.4, 0.5) is 0 Å². The zero-order valence-electron chi connectivity index (χ0n) is 59.6. The van der Waals surface area contributed by atoms with E-state index in [1.165, 1.54) is 24.5 Å². The smallest absolute Gasteiger partial charge is 0.251 e. The van der Waals surface area contributed by atoms with Gasteiger partial charge in [0, 0.05) is 138 Å². The van der Waals surface area contributed by atoms with Crippen molar-refractivity contribution in [3.63, 3.8) is 0 Å². The maximum Gasteiger partial charge on any atom is 0.251 e. The predicted molar refractivity (Wildman–Crippen MR) is 431 cm³/mol. The Morgan fingerprint density at radius 3 is 1.34 bits per heavy atom. The van der Waals surface area contributed by atoms with Crippen LogP contribution in [0.1, 0.15) is 126 Å². The van der Waals surface area contributed by atoms with Crippen molar-refractivity contribution in [2.24, 2.45) is 5.73 Å². The Morgan fingerprint density at radius 2 is 0.906 bits per heavy atom. The maximum absolute atomic E-state index is 13.6. The van der Waals surface area contributed by atoms with Gasteiger partial charge in [0.15, 0.2) is 0 Å². The Labute approximate surface area is 668 Å². The molecule has 106 heavy (non-hydrogen) atoms. The number of hydrogen-bond donors (Lipinski definition) is 7. The Morgan fingerprint density at radius 1 is 0.481 bits per heavy atom. The van der Waals surface area contributed by atoms with E-state index in [2.05, 4.69) is 60.8 Å². The normalized spacial score (nSPS) is 20.8. The number of carbonyl (C=O) groups excluding carboxylic acids is 6. The van der Waals surface area contributed by atoms with Crippen molar-refractivity contribution >= 4 is 146 Å². The lowest BCUT2D eigenvalue weighted by atomic mass is 9.95.